The number of phosphoric acid groups is 1. The van der Waals surface area contributed by atoms with Crippen molar-refractivity contribution in [2.24, 2.45) is 0 Å². The topological polar surface area (TPSA) is 144 Å². The molecule has 2 heterocycles. The monoisotopic (exact) mass is 570 g/mol. The number of para-hydroxylation sites is 2. The van der Waals surface area contributed by atoms with E-state index in [4.69, 9.17) is 18.3 Å². The number of nitrogens with one attached hydrogen (secondary N) is 1. The fraction of sp³-hybridized carbons (Fsp3) is 0.364. The predicted octanol–water partition coefficient (Wildman–Crippen LogP) is 2.77. The molecule has 3 N–H and O–H groups in total. The standard InChI is InChI=1S/C22H24BrN2O9P/c1-22(23)19(27)24-21(29)25(20(22)28)18-12-16(17(13-26)31-18)34-35(30,32-14-8-4-2-5-9-14)33-15-10-6-3-7-11-15/h2-11,16-18,20,26,28H,12-13H2,1H3,(H,24,27,29)/t16-,17+,18+,20-,22?/m0/s1. The molecule has 2 aromatic carbocycles. The molecule has 13 heteroatoms. The van der Waals surface area contributed by atoms with Crippen LogP contribution < -0.4 is 14.4 Å². The summed E-state index contributed by atoms with van der Waals surface area (Å²) < 4.78 is 35.0. The van der Waals surface area contributed by atoms with Gasteiger partial charge in [-0.05, 0) is 31.2 Å². The predicted molar refractivity (Wildman–Crippen MR) is 126 cm³/mol. The summed E-state index contributed by atoms with van der Waals surface area (Å²) in [6.45, 7) is 0.850. The Balaban J connectivity index is 1.57. The van der Waals surface area contributed by atoms with E-state index in [1.165, 1.54) is 6.92 Å². The number of aliphatic hydroxyl groups excluding tert-OH is 2. The van der Waals surface area contributed by atoms with Crippen molar-refractivity contribution >= 4 is 35.7 Å². The van der Waals surface area contributed by atoms with Crippen LogP contribution in [0, 0.1) is 0 Å². The van der Waals surface area contributed by atoms with Crippen molar-refractivity contribution in [3.63, 3.8) is 0 Å². The van der Waals surface area contributed by atoms with Crippen molar-refractivity contribution in [1.29, 1.82) is 0 Å². The van der Waals surface area contributed by atoms with Crippen LogP contribution in [0.1, 0.15) is 13.3 Å². The van der Waals surface area contributed by atoms with Crippen LogP contribution in [0.2, 0.25) is 0 Å². The van der Waals surface area contributed by atoms with E-state index >= 15 is 0 Å². The van der Waals surface area contributed by atoms with Gasteiger partial charge >= 0.3 is 13.9 Å². The molecule has 2 saturated heterocycles. The van der Waals surface area contributed by atoms with E-state index in [9.17, 15) is 24.4 Å². The maximum atomic E-state index is 13.7. The van der Waals surface area contributed by atoms with Gasteiger partial charge in [0.05, 0.1) is 6.61 Å². The van der Waals surface area contributed by atoms with Gasteiger partial charge in [0.2, 0.25) is 5.91 Å². The Kier molecular flexibility index (Phi) is 7.51. The van der Waals surface area contributed by atoms with Gasteiger partial charge in [-0.3, -0.25) is 19.5 Å². The van der Waals surface area contributed by atoms with Crippen molar-refractivity contribution in [3.8, 4) is 11.5 Å². The van der Waals surface area contributed by atoms with Crippen molar-refractivity contribution in [2.45, 2.75) is 42.3 Å². The molecule has 0 bridgehead atoms. The van der Waals surface area contributed by atoms with Gasteiger partial charge in [0, 0.05) is 6.42 Å². The van der Waals surface area contributed by atoms with Crippen molar-refractivity contribution < 1.29 is 42.7 Å². The number of halogens is 1. The van der Waals surface area contributed by atoms with Gasteiger partial charge in [-0.15, -0.1) is 0 Å². The van der Waals surface area contributed by atoms with Gasteiger partial charge in [0.25, 0.3) is 0 Å². The first kappa shape index (κ1) is 25.6. The first-order valence-corrected chi connectivity index (χ1v) is 12.9. The number of benzene rings is 2. The van der Waals surface area contributed by atoms with E-state index in [0.29, 0.717) is 0 Å². The summed E-state index contributed by atoms with van der Waals surface area (Å²) in [7, 11) is -4.33. The van der Waals surface area contributed by atoms with E-state index in [1.807, 2.05) is 0 Å². The van der Waals surface area contributed by atoms with Crippen LogP contribution in [0.3, 0.4) is 0 Å². The molecule has 2 aliphatic rings. The molecule has 2 aliphatic heterocycles. The van der Waals surface area contributed by atoms with Crippen LogP contribution in [0.15, 0.2) is 60.7 Å². The molecule has 4 rings (SSSR count). The third-order valence-corrected chi connectivity index (χ3v) is 7.67. The van der Waals surface area contributed by atoms with E-state index < -0.39 is 55.4 Å². The maximum absolute atomic E-state index is 13.7. The highest BCUT2D eigenvalue weighted by Crippen LogP contribution is 2.52. The summed E-state index contributed by atoms with van der Waals surface area (Å²) in [5.41, 5.74) is 0. The van der Waals surface area contributed by atoms with Crippen molar-refractivity contribution in [2.75, 3.05) is 6.61 Å². The number of carbonyl (C=O) groups excluding carboxylic acids is 2. The number of rotatable bonds is 8. The molecule has 35 heavy (non-hydrogen) atoms. The van der Waals surface area contributed by atoms with Crippen molar-refractivity contribution in [1.82, 2.24) is 10.2 Å². The lowest BCUT2D eigenvalue weighted by molar-refractivity contribution is -0.147. The molecule has 11 nitrogen and oxygen atoms in total. The lowest BCUT2D eigenvalue weighted by Gasteiger charge is -2.42. The van der Waals surface area contributed by atoms with Crippen LogP contribution in [0.25, 0.3) is 0 Å². The molecule has 0 spiro atoms. The minimum atomic E-state index is -4.33. The molecule has 0 aliphatic carbocycles. The zero-order chi connectivity index (χ0) is 25.2. The highest BCUT2D eigenvalue weighted by Gasteiger charge is 2.54. The Labute approximate surface area is 209 Å². The molecular weight excluding hydrogens is 547 g/mol. The Morgan fingerprint density at radius 3 is 2.17 bits per heavy atom. The number of alkyl halides is 1. The minimum absolute atomic E-state index is 0.104. The SMILES string of the molecule is CC1(Br)C(=O)NC(=O)N([C@H]2C[C@H](OP(=O)(Oc3ccccc3)Oc3ccccc3)[C@@H](CO)O2)[C@H]1O. The number of urea groups is 1. The Bertz CT molecular complexity index is 1060. The third kappa shape index (κ3) is 5.53. The number of imide groups is 1. The number of nitrogens with zero attached hydrogens (tertiary/aromatic N) is 1. The second-order valence-electron chi connectivity index (χ2n) is 8.06. The zero-order valence-electron chi connectivity index (χ0n) is 18.5. The van der Waals surface area contributed by atoms with Gasteiger partial charge in [-0.25, -0.2) is 9.36 Å². The summed E-state index contributed by atoms with van der Waals surface area (Å²) in [5.74, 6) is -0.267. The molecule has 1 unspecified atom stereocenters. The third-order valence-electron chi connectivity index (χ3n) is 5.50. The number of aliphatic hydroxyl groups is 2. The fourth-order valence-corrected chi connectivity index (χ4v) is 5.41. The second kappa shape index (κ2) is 10.3. The van der Waals surface area contributed by atoms with Crippen LogP contribution in [-0.2, 0) is 18.6 Å². The highest BCUT2D eigenvalue weighted by atomic mass is 79.9. The van der Waals surface area contributed by atoms with Gasteiger partial charge in [0.15, 0.2) is 6.23 Å². The molecule has 3 amide bonds. The number of amides is 3. The minimum Gasteiger partial charge on any atom is -0.395 e. The van der Waals surface area contributed by atoms with E-state index in [1.54, 1.807) is 60.7 Å². The van der Waals surface area contributed by atoms with Gasteiger partial charge in [0.1, 0.15) is 34.3 Å². The largest absolute Gasteiger partial charge is 0.587 e. The molecular formula is C22H24BrN2O9P. The second-order valence-corrected chi connectivity index (χ2v) is 11.2. The summed E-state index contributed by atoms with van der Waals surface area (Å²) in [6.07, 6.45) is -4.89. The van der Waals surface area contributed by atoms with Crippen LogP contribution >= 0.6 is 23.8 Å². The van der Waals surface area contributed by atoms with Crippen LogP contribution in [0.4, 0.5) is 4.79 Å². The van der Waals surface area contributed by atoms with E-state index in [-0.39, 0.29) is 17.9 Å². The number of carbonyl (C=O) groups is 2. The lowest BCUT2D eigenvalue weighted by atomic mass is 10.1. The fourth-order valence-electron chi connectivity index (χ4n) is 3.66. The Morgan fingerprint density at radius 2 is 1.66 bits per heavy atom. The Hall–Kier alpha value is -2.47. The lowest BCUT2D eigenvalue weighted by Crippen LogP contribution is -2.68. The zero-order valence-corrected chi connectivity index (χ0v) is 21.0. The van der Waals surface area contributed by atoms with Crippen molar-refractivity contribution in [3.05, 3.63) is 60.7 Å². The van der Waals surface area contributed by atoms with Gasteiger partial charge < -0.3 is 24.0 Å². The van der Waals surface area contributed by atoms with Crippen LogP contribution in [0.5, 0.6) is 11.5 Å². The molecule has 0 saturated carbocycles. The smallest absolute Gasteiger partial charge is 0.395 e. The molecule has 2 fully saturated rings. The average Bonchev–Trinajstić information content (AvgIpc) is 3.20. The summed E-state index contributed by atoms with van der Waals surface area (Å²) >= 11 is 3.13. The normalized spacial score (nSPS) is 29.1. The first-order chi connectivity index (χ1) is 16.6. The van der Waals surface area contributed by atoms with E-state index in [2.05, 4.69) is 21.2 Å². The number of hydrogen-bond acceptors (Lipinski definition) is 9. The summed E-state index contributed by atoms with van der Waals surface area (Å²) in [6, 6.07) is 15.7. The highest BCUT2D eigenvalue weighted by molar-refractivity contribution is 9.10. The molecule has 5 atom stereocenters. The average molecular weight is 571 g/mol. The van der Waals surface area contributed by atoms with Crippen LogP contribution in [-0.4, -0.2) is 62.6 Å². The van der Waals surface area contributed by atoms with Gasteiger partial charge in [-0.2, -0.15) is 0 Å². The number of hydrogen-bond donors (Lipinski definition) is 3. The number of phosphoric ester groups is 1. The van der Waals surface area contributed by atoms with E-state index in [0.717, 1.165) is 4.90 Å². The molecule has 0 aromatic heterocycles. The summed E-state index contributed by atoms with van der Waals surface area (Å²) in [5, 5.41) is 22.7. The molecule has 2 aromatic rings. The van der Waals surface area contributed by atoms with Gasteiger partial charge in [-0.1, -0.05) is 52.3 Å². The maximum Gasteiger partial charge on any atom is 0.587 e. The first-order valence-electron chi connectivity index (χ1n) is 10.7. The Morgan fingerprint density at radius 1 is 1.11 bits per heavy atom. The molecule has 188 valence electrons. The number of ether oxygens (including phenoxy) is 1. The summed E-state index contributed by atoms with van der Waals surface area (Å²) in [4.78, 5) is 25.5. The molecule has 0 radical (unpaired) electrons. The quantitative estimate of drug-likeness (QED) is 0.322.